The van der Waals surface area contributed by atoms with Gasteiger partial charge in [-0.1, -0.05) is 0 Å². The maximum absolute atomic E-state index is 5.74. The average molecular weight is 248 g/mol. The van der Waals surface area contributed by atoms with Gasteiger partial charge in [-0.05, 0) is 45.3 Å². The van der Waals surface area contributed by atoms with E-state index in [9.17, 15) is 0 Å². The van der Waals surface area contributed by atoms with E-state index < -0.39 is 0 Å². The molecular formula is C13H20N4O. The predicted molar refractivity (Wildman–Crippen MR) is 75.4 cm³/mol. The molecular weight excluding hydrogens is 228 g/mol. The lowest BCUT2D eigenvalue weighted by Crippen LogP contribution is -2.26. The third kappa shape index (κ3) is 3.37. The molecule has 1 aromatic rings. The number of aliphatic imine (C=N–C) groups is 1. The summed E-state index contributed by atoms with van der Waals surface area (Å²) in [5.74, 6) is 1.70. The van der Waals surface area contributed by atoms with Gasteiger partial charge in [0.2, 0.25) is 0 Å². The van der Waals surface area contributed by atoms with Crippen LogP contribution in [-0.4, -0.2) is 44.5 Å². The van der Waals surface area contributed by atoms with Gasteiger partial charge in [0, 0.05) is 12.2 Å². The molecule has 1 aromatic carbocycles. The molecule has 0 atom stereocenters. The van der Waals surface area contributed by atoms with E-state index in [4.69, 9.17) is 10.5 Å². The minimum Gasteiger partial charge on any atom is -0.484 e. The Morgan fingerprint density at radius 3 is 3.06 bits per heavy atom. The van der Waals surface area contributed by atoms with Crippen LogP contribution in [-0.2, 0) is 0 Å². The van der Waals surface area contributed by atoms with E-state index in [2.05, 4.69) is 29.3 Å². The average Bonchev–Trinajstić information content (AvgIpc) is 2.34. The molecule has 5 heteroatoms. The topological polar surface area (TPSA) is 62.9 Å². The van der Waals surface area contributed by atoms with E-state index in [1.54, 1.807) is 0 Å². The second kappa shape index (κ2) is 5.73. The molecule has 0 saturated carbocycles. The predicted octanol–water partition coefficient (Wildman–Crippen LogP) is 1.42. The number of nitrogens with one attached hydrogen (secondary N) is 1. The highest BCUT2D eigenvalue weighted by molar-refractivity contribution is 5.99. The summed E-state index contributed by atoms with van der Waals surface area (Å²) < 4.78 is 5.61. The van der Waals surface area contributed by atoms with Crippen LogP contribution >= 0.6 is 0 Å². The number of amidine groups is 1. The standard InChI is InChI=1S/C13H20N4O/c1-17(2)7-3-6-15-13-9-18-12-5-4-10(14)8-11(12)16-13/h4-5,8H,3,6-7,9,14H2,1-2H3,(H,15,16). The fourth-order valence-corrected chi connectivity index (χ4v) is 1.79. The summed E-state index contributed by atoms with van der Waals surface area (Å²) >= 11 is 0. The number of hydrogen-bond acceptors (Lipinski definition) is 4. The maximum Gasteiger partial charge on any atom is 0.145 e. The van der Waals surface area contributed by atoms with E-state index >= 15 is 0 Å². The maximum atomic E-state index is 5.74. The van der Waals surface area contributed by atoms with Crippen LogP contribution in [0.4, 0.5) is 11.4 Å². The van der Waals surface area contributed by atoms with Crippen molar-refractivity contribution in [3.05, 3.63) is 18.2 Å². The van der Waals surface area contributed by atoms with Crippen molar-refractivity contribution in [2.24, 2.45) is 4.99 Å². The fraction of sp³-hybridized carbons (Fsp3) is 0.462. The van der Waals surface area contributed by atoms with Crippen molar-refractivity contribution in [3.8, 4) is 5.75 Å². The first-order valence-corrected chi connectivity index (χ1v) is 6.12. The first-order chi connectivity index (χ1) is 8.65. The van der Waals surface area contributed by atoms with Gasteiger partial charge in [0.05, 0.1) is 5.69 Å². The van der Waals surface area contributed by atoms with Gasteiger partial charge >= 0.3 is 0 Å². The van der Waals surface area contributed by atoms with Gasteiger partial charge < -0.3 is 20.7 Å². The molecule has 0 amide bonds. The lowest BCUT2D eigenvalue weighted by Gasteiger charge is -2.21. The van der Waals surface area contributed by atoms with Crippen LogP contribution in [0.5, 0.6) is 5.75 Å². The summed E-state index contributed by atoms with van der Waals surface area (Å²) in [4.78, 5) is 6.65. The Morgan fingerprint density at radius 1 is 1.44 bits per heavy atom. The molecule has 0 bridgehead atoms. The molecule has 98 valence electrons. The molecule has 0 aromatic heterocycles. The number of anilines is 2. The smallest absolute Gasteiger partial charge is 0.145 e. The van der Waals surface area contributed by atoms with Crippen molar-refractivity contribution in [1.29, 1.82) is 0 Å². The quantitative estimate of drug-likeness (QED) is 0.625. The van der Waals surface area contributed by atoms with Crippen LogP contribution in [0.2, 0.25) is 0 Å². The number of ether oxygens (including phenoxy) is 1. The van der Waals surface area contributed by atoms with E-state index in [-0.39, 0.29) is 0 Å². The highest BCUT2D eigenvalue weighted by Crippen LogP contribution is 2.29. The third-order valence-corrected chi connectivity index (χ3v) is 2.71. The number of hydrogen-bond donors (Lipinski definition) is 2. The Morgan fingerprint density at radius 2 is 2.28 bits per heavy atom. The van der Waals surface area contributed by atoms with Gasteiger partial charge in [-0.3, -0.25) is 4.99 Å². The van der Waals surface area contributed by atoms with Crippen LogP contribution in [0, 0.1) is 0 Å². The number of fused-ring (bicyclic) bond motifs is 1. The largest absolute Gasteiger partial charge is 0.484 e. The number of nitrogen functional groups attached to an aromatic ring is 1. The summed E-state index contributed by atoms with van der Waals surface area (Å²) in [6, 6.07) is 5.57. The minimum atomic E-state index is 0.499. The number of nitrogens with zero attached hydrogens (tertiary/aromatic N) is 2. The fourth-order valence-electron chi connectivity index (χ4n) is 1.79. The lowest BCUT2D eigenvalue weighted by molar-refractivity contribution is 0.371. The normalized spacial score (nSPS) is 16.3. The molecule has 0 spiro atoms. The summed E-state index contributed by atoms with van der Waals surface area (Å²) in [6.45, 7) is 2.35. The molecule has 0 radical (unpaired) electrons. The number of benzene rings is 1. The Kier molecular flexibility index (Phi) is 4.04. The van der Waals surface area contributed by atoms with Crippen LogP contribution in [0.15, 0.2) is 23.2 Å². The molecule has 1 aliphatic heterocycles. The molecule has 0 unspecified atom stereocenters. The molecule has 0 aliphatic carbocycles. The monoisotopic (exact) mass is 248 g/mol. The van der Waals surface area contributed by atoms with Crippen LogP contribution in [0.3, 0.4) is 0 Å². The van der Waals surface area contributed by atoms with Crippen molar-refractivity contribution < 1.29 is 4.74 Å². The Bertz CT molecular complexity index is 443. The Hall–Kier alpha value is -1.75. The highest BCUT2D eigenvalue weighted by Gasteiger charge is 2.13. The van der Waals surface area contributed by atoms with Crippen molar-refractivity contribution >= 4 is 17.2 Å². The first kappa shape index (κ1) is 12.7. The molecule has 2 rings (SSSR count). The zero-order valence-electron chi connectivity index (χ0n) is 10.9. The van der Waals surface area contributed by atoms with Gasteiger partial charge in [-0.15, -0.1) is 0 Å². The summed E-state index contributed by atoms with van der Waals surface area (Å²) in [6.07, 6.45) is 1.04. The van der Waals surface area contributed by atoms with Crippen molar-refractivity contribution in [2.75, 3.05) is 44.8 Å². The Balaban J connectivity index is 1.92. The van der Waals surface area contributed by atoms with Crippen molar-refractivity contribution in [2.45, 2.75) is 6.42 Å². The van der Waals surface area contributed by atoms with Gasteiger partial charge in [0.15, 0.2) is 0 Å². The first-order valence-electron chi connectivity index (χ1n) is 6.12. The van der Waals surface area contributed by atoms with E-state index in [0.717, 1.165) is 42.5 Å². The SMILES string of the molecule is CN(C)CCCN=C1COc2ccc(N)cc2N1. The molecule has 18 heavy (non-hydrogen) atoms. The summed E-state index contributed by atoms with van der Waals surface area (Å²) in [7, 11) is 4.13. The molecule has 0 saturated heterocycles. The third-order valence-electron chi connectivity index (χ3n) is 2.71. The minimum absolute atomic E-state index is 0.499. The van der Waals surface area contributed by atoms with Crippen LogP contribution in [0.25, 0.3) is 0 Å². The number of rotatable bonds is 4. The van der Waals surface area contributed by atoms with E-state index in [0.29, 0.717) is 6.61 Å². The van der Waals surface area contributed by atoms with Crippen LogP contribution in [0.1, 0.15) is 6.42 Å². The van der Waals surface area contributed by atoms with Gasteiger partial charge in [-0.2, -0.15) is 0 Å². The second-order valence-electron chi connectivity index (χ2n) is 4.65. The zero-order valence-corrected chi connectivity index (χ0v) is 10.9. The Labute approximate surface area is 108 Å². The molecule has 3 N–H and O–H groups in total. The summed E-state index contributed by atoms with van der Waals surface area (Å²) in [5, 5.41) is 3.26. The van der Waals surface area contributed by atoms with Gasteiger partial charge in [-0.25, -0.2) is 0 Å². The van der Waals surface area contributed by atoms with E-state index in [1.807, 2.05) is 18.2 Å². The highest BCUT2D eigenvalue weighted by atomic mass is 16.5. The van der Waals surface area contributed by atoms with Crippen LogP contribution < -0.4 is 15.8 Å². The molecule has 1 aliphatic rings. The van der Waals surface area contributed by atoms with Gasteiger partial charge in [0.25, 0.3) is 0 Å². The van der Waals surface area contributed by atoms with E-state index in [1.165, 1.54) is 0 Å². The van der Waals surface area contributed by atoms with Gasteiger partial charge in [0.1, 0.15) is 18.2 Å². The molecule has 1 heterocycles. The molecule has 0 fully saturated rings. The lowest BCUT2D eigenvalue weighted by atomic mass is 10.2. The molecule has 5 nitrogen and oxygen atoms in total. The second-order valence-corrected chi connectivity index (χ2v) is 4.65. The summed E-state index contributed by atoms with van der Waals surface area (Å²) in [5.41, 5.74) is 7.36. The number of nitrogens with two attached hydrogens (primary N) is 1. The van der Waals surface area contributed by atoms with Crippen molar-refractivity contribution in [1.82, 2.24) is 4.90 Å². The zero-order chi connectivity index (χ0) is 13.0. The van der Waals surface area contributed by atoms with Crippen molar-refractivity contribution in [3.63, 3.8) is 0 Å².